The number of imidazole rings is 1. The molecule has 1 atom stereocenters. The zero-order valence-corrected chi connectivity index (χ0v) is 13.5. The lowest BCUT2D eigenvalue weighted by Crippen LogP contribution is -2.10. The van der Waals surface area contributed by atoms with Gasteiger partial charge in [-0.25, -0.2) is 0 Å². The number of aromatic nitrogens is 3. The Kier molecular flexibility index (Phi) is 5.69. The first-order chi connectivity index (χ1) is 10.7. The van der Waals surface area contributed by atoms with E-state index < -0.39 is 11.2 Å². The second kappa shape index (κ2) is 7.73. The van der Waals surface area contributed by atoms with Gasteiger partial charge in [-0.1, -0.05) is 5.92 Å². The fourth-order valence-electron chi connectivity index (χ4n) is 1.78. The molecule has 0 aliphatic rings. The highest BCUT2D eigenvalue weighted by Crippen LogP contribution is 2.22. The van der Waals surface area contributed by atoms with Crippen LogP contribution in [0.25, 0.3) is 0 Å². The molecule has 0 aliphatic carbocycles. The zero-order chi connectivity index (χ0) is 15.9. The molecule has 2 heterocycles. The van der Waals surface area contributed by atoms with Crippen molar-refractivity contribution in [3.63, 3.8) is 0 Å². The van der Waals surface area contributed by atoms with Crippen LogP contribution in [0.1, 0.15) is 18.2 Å². The molecule has 2 aromatic rings. The maximum atomic E-state index is 12.4. The Hall–Kier alpha value is -2.17. The van der Waals surface area contributed by atoms with Gasteiger partial charge in [-0.2, -0.15) is 0 Å². The van der Waals surface area contributed by atoms with Gasteiger partial charge in [0.25, 0.3) is 0 Å². The number of pyridine rings is 1. The van der Waals surface area contributed by atoms with Gasteiger partial charge in [-0.3, -0.25) is 4.98 Å². The Balaban J connectivity index is 2.05. The third kappa shape index (κ3) is 3.93. The maximum absolute atomic E-state index is 12.4. The van der Waals surface area contributed by atoms with Crippen molar-refractivity contribution in [3.8, 4) is 23.5 Å². The molecule has 0 radical (unpaired) electrons. The van der Waals surface area contributed by atoms with Crippen molar-refractivity contribution in [2.24, 2.45) is 0 Å². The average Bonchev–Trinajstić information content (AvgIpc) is 2.98. The lowest BCUT2D eigenvalue weighted by atomic mass is 10.2. The summed E-state index contributed by atoms with van der Waals surface area (Å²) >= 11 is -1.34. The van der Waals surface area contributed by atoms with E-state index in [1.165, 1.54) is 0 Å². The Bertz CT molecular complexity index is 691. The van der Waals surface area contributed by atoms with Gasteiger partial charge in [-0.05, 0) is 19.9 Å². The molecule has 0 aliphatic heterocycles. The lowest BCUT2D eigenvalue weighted by Gasteiger charge is -2.10. The first-order valence-corrected chi connectivity index (χ1v) is 7.92. The minimum Gasteiger partial charge on any atom is -0.609 e. The van der Waals surface area contributed by atoms with Crippen molar-refractivity contribution in [2.45, 2.75) is 24.8 Å². The van der Waals surface area contributed by atoms with Gasteiger partial charge in [0.1, 0.15) is 5.75 Å². The van der Waals surface area contributed by atoms with E-state index in [0.717, 1.165) is 11.3 Å². The Labute approximate surface area is 132 Å². The largest absolute Gasteiger partial charge is 0.609 e. The number of aromatic amines is 1. The third-order valence-electron chi connectivity index (χ3n) is 2.96. The summed E-state index contributed by atoms with van der Waals surface area (Å²) in [6.45, 7) is 3.88. The van der Waals surface area contributed by atoms with Gasteiger partial charge in [0.05, 0.1) is 19.0 Å². The van der Waals surface area contributed by atoms with Crippen molar-refractivity contribution < 1.29 is 14.0 Å². The van der Waals surface area contributed by atoms with Crippen LogP contribution in [0.3, 0.4) is 0 Å². The summed E-state index contributed by atoms with van der Waals surface area (Å²) in [5.74, 6) is 6.85. The van der Waals surface area contributed by atoms with Crippen molar-refractivity contribution in [1.82, 2.24) is 15.0 Å². The van der Waals surface area contributed by atoms with Crippen molar-refractivity contribution in [2.75, 3.05) is 13.7 Å². The summed E-state index contributed by atoms with van der Waals surface area (Å²) in [6, 6.07) is 1.77. The Morgan fingerprint density at radius 3 is 3.00 bits per heavy atom. The number of hydrogen-bond donors (Lipinski definition) is 1. The molecule has 2 aromatic heterocycles. The smallest absolute Gasteiger partial charge is 0.324 e. The predicted molar refractivity (Wildman–Crippen MR) is 83.2 cm³/mol. The number of methoxy groups -OCH3 is 1. The van der Waals surface area contributed by atoms with Gasteiger partial charge < -0.3 is 19.0 Å². The molecule has 2 rings (SSSR count). The van der Waals surface area contributed by atoms with E-state index in [4.69, 9.17) is 9.47 Å². The van der Waals surface area contributed by atoms with E-state index in [2.05, 4.69) is 26.8 Å². The molecule has 0 spiro atoms. The van der Waals surface area contributed by atoms with Crippen molar-refractivity contribution in [3.05, 3.63) is 29.7 Å². The van der Waals surface area contributed by atoms with Gasteiger partial charge in [0.2, 0.25) is 5.88 Å². The van der Waals surface area contributed by atoms with Crippen LogP contribution in [-0.2, 0) is 16.9 Å². The van der Waals surface area contributed by atoms with Gasteiger partial charge in [0.15, 0.2) is 12.4 Å². The molecule has 0 bridgehead atoms. The molecular weight excluding hydrogens is 302 g/mol. The fourth-order valence-corrected chi connectivity index (χ4v) is 2.84. The summed E-state index contributed by atoms with van der Waals surface area (Å²) in [4.78, 5) is 11.3. The number of hydrogen-bond acceptors (Lipinski definition) is 5. The van der Waals surface area contributed by atoms with Crippen LogP contribution in [0.4, 0.5) is 0 Å². The number of nitrogens with one attached hydrogen (secondary N) is 1. The quantitative estimate of drug-likeness (QED) is 0.649. The van der Waals surface area contributed by atoms with Gasteiger partial charge >= 0.3 is 5.16 Å². The first kappa shape index (κ1) is 16.2. The van der Waals surface area contributed by atoms with Crippen LogP contribution in [0.2, 0.25) is 0 Å². The highest BCUT2D eigenvalue weighted by atomic mass is 32.2. The summed E-state index contributed by atoms with van der Waals surface area (Å²) in [5.41, 5.74) is 1.59. The van der Waals surface area contributed by atoms with E-state index in [-0.39, 0.29) is 12.4 Å². The molecule has 0 saturated carbocycles. The van der Waals surface area contributed by atoms with Crippen LogP contribution in [-0.4, -0.2) is 33.2 Å². The van der Waals surface area contributed by atoms with Crippen LogP contribution in [0, 0.1) is 18.8 Å². The molecule has 0 amide bonds. The number of H-pyrrole nitrogens is 1. The Morgan fingerprint density at radius 2 is 2.27 bits per heavy atom. The van der Waals surface area contributed by atoms with E-state index in [1.807, 2.05) is 6.92 Å². The summed E-state index contributed by atoms with van der Waals surface area (Å²) < 4.78 is 22.9. The molecule has 7 heteroatoms. The average molecular weight is 319 g/mol. The molecule has 0 aromatic carbocycles. The van der Waals surface area contributed by atoms with Gasteiger partial charge in [-0.15, -0.1) is 10.9 Å². The third-order valence-corrected chi connectivity index (χ3v) is 4.14. The highest BCUT2D eigenvalue weighted by Gasteiger charge is 2.20. The van der Waals surface area contributed by atoms with E-state index in [1.54, 1.807) is 32.5 Å². The Morgan fingerprint density at radius 1 is 1.45 bits per heavy atom. The lowest BCUT2D eigenvalue weighted by molar-refractivity contribution is 0.355. The molecule has 0 fully saturated rings. The number of rotatable bonds is 6. The summed E-state index contributed by atoms with van der Waals surface area (Å²) in [6.07, 6.45) is 3.20. The van der Waals surface area contributed by atoms with E-state index >= 15 is 0 Å². The summed E-state index contributed by atoms with van der Waals surface area (Å²) in [5, 5.41) is 0.350. The highest BCUT2D eigenvalue weighted by molar-refractivity contribution is 7.90. The zero-order valence-electron chi connectivity index (χ0n) is 12.7. The SMILES string of the molecule is CC#CCOc1c[nH]c([S+]([O-])Cc2nccc(OC)c2C)n1. The summed E-state index contributed by atoms with van der Waals surface area (Å²) in [7, 11) is 1.60. The second-order valence-corrected chi connectivity index (χ2v) is 5.70. The van der Waals surface area contributed by atoms with E-state index in [0.29, 0.717) is 16.7 Å². The van der Waals surface area contributed by atoms with Crippen LogP contribution in [0.15, 0.2) is 23.6 Å². The molecule has 116 valence electrons. The monoisotopic (exact) mass is 319 g/mol. The standard InChI is InChI=1S/C15H17N3O3S/c1-4-5-8-21-14-9-17-15(18-14)22(19)10-12-11(2)13(20-3)6-7-16-12/h6-7,9H,8,10H2,1-3H3,(H,17,18). The molecule has 0 saturated heterocycles. The van der Waals surface area contributed by atoms with Crippen molar-refractivity contribution >= 4 is 11.2 Å². The number of ether oxygens (including phenoxy) is 2. The van der Waals surface area contributed by atoms with Crippen LogP contribution < -0.4 is 9.47 Å². The maximum Gasteiger partial charge on any atom is 0.324 e. The van der Waals surface area contributed by atoms with Crippen molar-refractivity contribution in [1.29, 1.82) is 0 Å². The fraction of sp³-hybridized carbons (Fsp3) is 0.333. The molecular formula is C15H17N3O3S. The normalized spacial score (nSPS) is 11.5. The molecule has 1 N–H and O–H groups in total. The van der Waals surface area contributed by atoms with E-state index in [9.17, 15) is 4.55 Å². The minimum absolute atomic E-state index is 0.254. The topological polar surface area (TPSA) is 83.1 Å². The van der Waals surface area contributed by atoms with Gasteiger partial charge in [0, 0.05) is 22.9 Å². The second-order valence-electron chi connectivity index (χ2n) is 4.33. The predicted octanol–water partition coefficient (Wildman–Crippen LogP) is 1.83. The van der Waals surface area contributed by atoms with Crippen LogP contribution in [0.5, 0.6) is 11.6 Å². The first-order valence-electron chi connectivity index (χ1n) is 6.60. The minimum atomic E-state index is -1.34. The van der Waals surface area contributed by atoms with Crippen LogP contribution >= 0.6 is 0 Å². The molecule has 6 nitrogen and oxygen atoms in total. The number of nitrogens with zero attached hydrogens (tertiary/aromatic N) is 2. The molecule has 22 heavy (non-hydrogen) atoms. The molecule has 1 unspecified atom stereocenters.